The van der Waals surface area contributed by atoms with E-state index < -0.39 is 0 Å². The van der Waals surface area contributed by atoms with E-state index in [1.54, 1.807) is 0 Å². The van der Waals surface area contributed by atoms with Crippen LogP contribution in [0.4, 0.5) is 0 Å². The Kier molecular flexibility index (Phi) is 5.11. The van der Waals surface area contributed by atoms with E-state index in [1.165, 1.54) is 0 Å². The molecule has 2 aromatic rings. The molecule has 0 atom stereocenters. The van der Waals surface area contributed by atoms with Crippen LogP contribution in [-0.4, -0.2) is 31.0 Å². The largest absolute Gasteiger partial charge is 0.483 e. The van der Waals surface area contributed by atoms with Gasteiger partial charge in [0.25, 0.3) is 5.91 Å². The van der Waals surface area contributed by atoms with Gasteiger partial charge in [0.1, 0.15) is 5.75 Å². The molecular weight excluding hydrogens is 304 g/mol. The molecule has 0 aromatic heterocycles. The van der Waals surface area contributed by atoms with E-state index in [2.05, 4.69) is 10.6 Å². The Morgan fingerprint density at radius 2 is 1.67 bits per heavy atom. The van der Waals surface area contributed by atoms with Gasteiger partial charge in [0.2, 0.25) is 5.91 Å². The fraction of sp³-hybridized carbons (Fsp3) is 0.263. The highest BCUT2D eigenvalue weighted by atomic mass is 16.5. The SMILES string of the molecule is O=C(COc1ccccc1-c1ccccc1)NCC(=O)NC1CC1. The summed E-state index contributed by atoms with van der Waals surface area (Å²) in [4.78, 5) is 23.4. The molecule has 0 heterocycles. The molecule has 5 heteroatoms. The number of amides is 2. The average Bonchev–Trinajstić information content (AvgIpc) is 3.43. The van der Waals surface area contributed by atoms with Crippen molar-refractivity contribution in [1.82, 2.24) is 10.6 Å². The lowest BCUT2D eigenvalue weighted by Crippen LogP contribution is -2.39. The highest BCUT2D eigenvalue weighted by Gasteiger charge is 2.23. The number of nitrogens with one attached hydrogen (secondary N) is 2. The summed E-state index contributed by atoms with van der Waals surface area (Å²) < 4.78 is 5.64. The van der Waals surface area contributed by atoms with Gasteiger partial charge in [-0.25, -0.2) is 0 Å². The zero-order valence-electron chi connectivity index (χ0n) is 13.3. The Hall–Kier alpha value is -2.82. The van der Waals surface area contributed by atoms with Crippen LogP contribution in [0.25, 0.3) is 11.1 Å². The molecular formula is C19H20N2O3. The number of ether oxygens (including phenoxy) is 1. The molecule has 0 saturated heterocycles. The second-order valence-electron chi connectivity index (χ2n) is 5.77. The zero-order chi connectivity index (χ0) is 16.8. The summed E-state index contributed by atoms with van der Waals surface area (Å²) in [6.07, 6.45) is 2.05. The summed E-state index contributed by atoms with van der Waals surface area (Å²) in [6.45, 7) is -0.139. The molecule has 2 aromatic carbocycles. The van der Waals surface area contributed by atoms with Gasteiger partial charge in [-0.1, -0.05) is 48.5 Å². The van der Waals surface area contributed by atoms with Crippen LogP contribution in [0.1, 0.15) is 12.8 Å². The maximum absolute atomic E-state index is 11.9. The maximum Gasteiger partial charge on any atom is 0.258 e. The average molecular weight is 324 g/mol. The second kappa shape index (κ2) is 7.64. The summed E-state index contributed by atoms with van der Waals surface area (Å²) in [6, 6.07) is 17.7. The predicted octanol–water partition coefficient (Wildman–Crippen LogP) is 2.13. The molecule has 2 N–H and O–H groups in total. The fourth-order valence-corrected chi connectivity index (χ4v) is 2.33. The molecule has 1 saturated carbocycles. The van der Waals surface area contributed by atoms with E-state index in [9.17, 15) is 9.59 Å². The number of carbonyl (C=O) groups excluding carboxylic acids is 2. The minimum absolute atomic E-state index is 0.0149. The topological polar surface area (TPSA) is 67.4 Å². The molecule has 124 valence electrons. The molecule has 0 spiro atoms. The smallest absolute Gasteiger partial charge is 0.258 e. The van der Waals surface area contributed by atoms with Gasteiger partial charge in [-0.3, -0.25) is 9.59 Å². The minimum atomic E-state index is -0.316. The van der Waals surface area contributed by atoms with Crippen molar-refractivity contribution in [2.45, 2.75) is 18.9 Å². The van der Waals surface area contributed by atoms with E-state index >= 15 is 0 Å². The monoisotopic (exact) mass is 324 g/mol. The number of para-hydroxylation sites is 1. The summed E-state index contributed by atoms with van der Waals surface area (Å²) in [5.41, 5.74) is 1.95. The van der Waals surface area contributed by atoms with E-state index in [-0.39, 0.29) is 25.0 Å². The molecule has 0 bridgehead atoms. The molecule has 0 aliphatic heterocycles. The van der Waals surface area contributed by atoms with E-state index in [4.69, 9.17) is 4.74 Å². The van der Waals surface area contributed by atoms with Gasteiger partial charge in [0, 0.05) is 11.6 Å². The number of hydrogen-bond donors (Lipinski definition) is 2. The number of benzene rings is 2. The first-order valence-electron chi connectivity index (χ1n) is 8.05. The maximum atomic E-state index is 11.9. The Labute approximate surface area is 141 Å². The predicted molar refractivity (Wildman–Crippen MR) is 91.5 cm³/mol. The third-order valence-electron chi connectivity index (χ3n) is 3.72. The van der Waals surface area contributed by atoms with Crippen LogP contribution in [0.2, 0.25) is 0 Å². The molecule has 1 aliphatic carbocycles. The molecule has 3 rings (SSSR count). The van der Waals surface area contributed by atoms with Crippen LogP contribution in [0.5, 0.6) is 5.75 Å². The molecule has 2 amide bonds. The van der Waals surface area contributed by atoms with Crippen molar-refractivity contribution in [1.29, 1.82) is 0 Å². The van der Waals surface area contributed by atoms with Crippen LogP contribution < -0.4 is 15.4 Å². The van der Waals surface area contributed by atoms with Crippen LogP contribution in [0.15, 0.2) is 54.6 Å². The van der Waals surface area contributed by atoms with E-state index in [0.29, 0.717) is 11.8 Å². The molecule has 0 unspecified atom stereocenters. The number of carbonyl (C=O) groups is 2. The Morgan fingerprint density at radius 3 is 2.42 bits per heavy atom. The zero-order valence-corrected chi connectivity index (χ0v) is 13.3. The van der Waals surface area contributed by atoms with Gasteiger partial charge in [0.15, 0.2) is 6.61 Å². The van der Waals surface area contributed by atoms with E-state index in [0.717, 1.165) is 24.0 Å². The quantitative estimate of drug-likeness (QED) is 0.820. The van der Waals surface area contributed by atoms with Crippen LogP contribution in [-0.2, 0) is 9.59 Å². The summed E-state index contributed by atoms with van der Waals surface area (Å²) in [5.74, 6) is 0.167. The Morgan fingerprint density at radius 1 is 0.958 bits per heavy atom. The molecule has 5 nitrogen and oxygen atoms in total. The van der Waals surface area contributed by atoms with Crippen molar-refractivity contribution < 1.29 is 14.3 Å². The van der Waals surface area contributed by atoms with Crippen molar-refractivity contribution in [3.05, 3.63) is 54.6 Å². The summed E-state index contributed by atoms with van der Waals surface area (Å²) in [7, 11) is 0. The lowest BCUT2D eigenvalue weighted by molar-refractivity contribution is -0.127. The van der Waals surface area contributed by atoms with Crippen molar-refractivity contribution in [3.63, 3.8) is 0 Å². The first-order valence-corrected chi connectivity index (χ1v) is 8.05. The third-order valence-corrected chi connectivity index (χ3v) is 3.72. The van der Waals surface area contributed by atoms with Gasteiger partial charge in [-0.15, -0.1) is 0 Å². The van der Waals surface area contributed by atoms with Crippen LogP contribution >= 0.6 is 0 Å². The van der Waals surface area contributed by atoms with Crippen molar-refractivity contribution in [2.24, 2.45) is 0 Å². The van der Waals surface area contributed by atoms with Gasteiger partial charge in [0.05, 0.1) is 6.54 Å². The van der Waals surface area contributed by atoms with Gasteiger partial charge >= 0.3 is 0 Å². The van der Waals surface area contributed by atoms with Gasteiger partial charge < -0.3 is 15.4 Å². The summed E-state index contributed by atoms with van der Waals surface area (Å²) in [5, 5.41) is 5.39. The molecule has 1 aliphatic rings. The van der Waals surface area contributed by atoms with Gasteiger partial charge in [-0.2, -0.15) is 0 Å². The summed E-state index contributed by atoms with van der Waals surface area (Å²) >= 11 is 0. The Balaban J connectivity index is 1.52. The fourth-order valence-electron chi connectivity index (χ4n) is 2.33. The highest BCUT2D eigenvalue weighted by molar-refractivity contribution is 5.85. The van der Waals surface area contributed by atoms with Crippen molar-refractivity contribution in [2.75, 3.05) is 13.2 Å². The van der Waals surface area contributed by atoms with Crippen molar-refractivity contribution >= 4 is 11.8 Å². The normalized spacial score (nSPS) is 13.2. The van der Waals surface area contributed by atoms with Crippen LogP contribution in [0, 0.1) is 0 Å². The lowest BCUT2D eigenvalue weighted by atomic mass is 10.1. The highest BCUT2D eigenvalue weighted by Crippen LogP contribution is 2.29. The van der Waals surface area contributed by atoms with E-state index in [1.807, 2.05) is 54.6 Å². The number of rotatable bonds is 7. The second-order valence-corrected chi connectivity index (χ2v) is 5.77. The Bertz CT molecular complexity index is 712. The first-order chi connectivity index (χ1) is 11.7. The molecule has 0 radical (unpaired) electrons. The minimum Gasteiger partial charge on any atom is -0.483 e. The standard InChI is InChI=1S/C19H20N2O3/c22-18(21-15-10-11-15)12-20-19(23)13-24-17-9-5-4-8-16(17)14-6-2-1-3-7-14/h1-9,15H,10-13H2,(H,20,23)(H,21,22). The number of hydrogen-bond acceptors (Lipinski definition) is 3. The van der Waals surface area contributed by atoms with Gasteiger partial charge in [-0.05, 0) is 24.5 Å². The first kappa shape index (κ1) is 16.1. The molecule has 1 fully saturated rings. The lowest BCUT2D eigenvalue weighted by Gasteiger charge is -2.12. The third kappa shape index (κ3) is 4.59. The van der Waals surface area contributed by atoms with Crippen LogP contribution in [0.3, 0.4) is 0 Å². The van der Waals surface area contributed by atoms with Crippen molar-refractivity contribution in [3.8, 4) is 16.9 Å². The molecule has 24 heavy (non-hydrogen) atoms.